The van der Waals surface area contributed by atoms with Gasteiger partial charge in [-0.1, -0.05) is 42.1 Å². The lowest BCUT2D eigenvalue weighted by Crippen LogP contribution is -2.29. The van der Waals surface area contributed by atoms with Gasteiger partial charge in [0.25, 0.3) is 0 Å². The number of carbonyl (C=O) groups excluding carboxylic acids is 1. The predicted molar refractivity (Wildman–Crippen MR) is 118 cm³/mol. The lowest BCUT2D eigenvalue weighted by molar-refractivity contribution is -0.115. The van der Waals surface area contributed by atoms with E-state index in [0.29, 0.717) is 11.0 Å². The molecule has 1 aromatic heterocycles. The number of nitrogens with one attached hydrogen (secondary N) is 2. The quantitative estimate of drug-likeness (QED) is 0.585. The van der Waals surface area contributed by atoms with Crippen LogP contribution in [-0.4, -0.2) is 39.4 Å². The molecule has 6 nitrogen and oxygen atoms in total. The standard InChI is InChI=1S/C22H25N5OS/c1-16(29-22-24-20(25-26-22)17-8-4-2-5-9-17)21(28)23-18-10-12-19(13-11-18)27-14-6-3-7-15-27/h2,4-5,8-13,16H,3,6-7,14-15H2,1H3,(H,23,28)(H,24,25,26)/t16-/m0/s1. The molecule has 0 spiro atoms. The number of hydrogen-bond acceptors (Lipinski definition) is 5. The summed E-state index contributed by atoms with van der Waals surface area (Å²) < 4.78 is 0. The molecule has 0 unspecified atom stereocenters. The number of aromatic nitrogens is 3. The number of nitrogens with zero attached hydrogens (tertiary/aromatic N) is 3. The van der Waals surface area contributed by atoms with E-state index in [-0.39, 0.29) is 11.2 Å². The lowest BCUT2D eigenvalue weighted by atomic mass is 10.1. The molecule has 4 rings (SSSR count). The van der Waals surface area contributed by atoms with Crippen LogP contribution in [0, 0.1) is 0 Å². The zero-order valence-corrected chi connectivity index (χ0v) is 17.3. The van der Waals surface area contributed by atoms with Crippen LogP contribution in [0.5, 0.6) is 0 Å². The molecule has 1 saturated heterocycles. The molecular weight excluding hydrogens is 382 g/mol. The van der Waals surface area contributed by atoms with Gasteiger partial charge in [0.1, 0.15) is 0 Å². The van der Waals surface area contributed by atoms with Gasteiger partial charge < -0.3 is 10.2 Å². The van der Waals surface area contributed by atoms with Crippen LogP contribution in [0.25, 0.3) is 11.4 Å². The third-order valence-electron chi connectivity index (χ3n) is 5.02. The minimum Gasteiger partial charge on any atom is -0.372 e. The first-order chi connectivity index (χ1) is 14.2. The number of H-pyrrole nitrogens is 1. The topological polar surface area (TPSA) is 73.9 Å². The first kappa shape index (κ1) is 19.5. The van der Waals surface area contributed by atoms with E-state index >= 15 is 0 Å². The van der Waals surface area contributed by atoms with Crippen molar-refractivity contribution in [3.05, 3.63) is 54.6 Å². The normalized spacial score (nSPS) is 15.1. The fourth-order valence-corrected chi connectivity index (χ4v) is 4.11. The number of amides is 1. The number of piperidine rings is 1. The van der Waals surface area contributed by atoms with E-state index in [1.54, 1.807) is 0 Å². The summed E-state index contributed by atoms with van der Waals surface area (Å²) in [5.41, 5.74) is 3.00. The van der Waals surface area contributed by atoms with Gasteiger partial charge in [-0.05, 0) is 50.5 Å². The number of rotatable bonds is 6. The molecule has 1 amide bonds. The number of thioether (sulfide) groups is 1. The van der Waals surface area contributed by atoms with E-state index in [0.717, 1.165) is 24.3 Å². The van der Waals surface area contributed by atoms with Crippen LogP contribution in [0.1, 0.15) is 26.2 Å². The Morgan fingerprint density at radius 3 is 2.52 bits per heavy atom. The zero-order valence-electron chi connectivity index (χ0n) is 16.5. The van der Waals surface area contributed by atoms with Crippen molar-refractivity contribution >= 4 is 29.0 Å². The molecule has 0 bridgehead atoms. The third-order valence-corrected chi connectivity index (χ3v) is 5.98. The summed E-state index contributed by atoms with van der Waals surface area (Å²) in [4.78, 5) is 19.5. The van der Waals surface area contributed by atoms with Gasteiger partial charge in [-0.25, -0.2) is 4.98 Å². The molecule has 0 saturated carbocycles. The Labute approximate surface area is 175 Å². The van der Waals surface area contributed by atoms with E-state index in [1.807, 2.05) is 49.4 Å². The summed E-state index contributed by atoms with van der Waals surface area (Å²) in [6.07, 6.45) is 3.82. The van der Waals surface area contributed by atoms with Crippen molar-refractivity contribution in [2.75, 3.05) is 23.3 Å². The van der Waals surface area contributed by atoms with Crippen LogP contribution in [0.15, 0.2) is 59.8 Å². The molecule has 7 heteroatoms. The fraction of sp³-hybridized carbons (Fsp3) is 0.318. The maximum atomic E-state index is 12.6. The second-order valence-electron chi connectivity index (χ2n) is 7.18. The molecule has 1 atom stereocenters. The van der Waals surface area contributed by atoms with E-state index in [1.165, 1.54) is 36.7 Å². The first-order valence-corrected chi connectivity index (χ1v) is 10.9. The van der Waals surface area contributed by atoms with Crippen LogP contribution >= 0.6 is 11.8 Å². The summed E-state index contributed by atoms with van der Waals surface area (Å²) in [6, 6.07) is 17.9. The summed E-state index contributed by atoms with van der Waals surface area (Å²) in [7, 11) is 0. The van der Waals surface area contributed by atoms with Crippen molar-refractivity contribution < 1.29 is 4.79 Å². The molecule has 3 aromatic rings. The Bertz CT molecular complexity index is 935. The lowest BCUT2D eigenvalue weighted by Gasteiger charge is -2.28. The van der Waals surface area contributed by atoms with E-state index < -0.39 is 0 Å². The van der Waals surface area contributed by atoms with Gasteiger partial charge in [0.2, 0.25) is 11.1 Å². The van der Waals surface area contributed by atoms with Crippen LogP contribution < -0.4 is 10.2 Å². The Kier molecular flexibility index (Phi) is 6.14. The Balaban J connectivity index is 1.33. The van der Waals surface area contributed by atoms with Crippen molar-refractivity contribution in [1.29, 1.82) is 0 Å². The smallest absolute Gasteiger partial charge is 0.237 e. The van der Waals surface area contributed by atoms with Crippen molar-refractivity contribution in [3.63, 3.8) is 0 Å². The molecular formula is C22H25N5OS. The van der Waals surface area contributed by atoms with Crippen LogP contribution in [-0.2, 0) is 4.79 Å². The monoisotopic (exact) mass is 407 g/mol. The maximum Gasteiger partial charge on any atom is 0.237 e. The third kappa shape index (κ3) is 4.98. The van der Waals surface area contributed by atoms with E-state index in [9.17, 15) is 4.79 Å². The van der Waals surface area contributed by atoms with Gasteiger partial charge in [0.15, 0.2) is 5.82 Å². The summed E-state index contributed by atoms with van der Waals surface area (Å²) in [6.45, 7) is 4.09. The van der Waals surface area contributed by atoms with E-state index in [4.69, 9.17) is 0 Å². The molecule has 29 heavy (non-hydrogen) atoms. The molecule has 1 aliphatic heterocycles. The number of benzene rings is 2. The Morgan fingerprint density at radius 1 is 1.07 bits per heavy atom. The first-order valence-electron chi connectivity index (χ1n) is 9.99. The minimum absolute atomic E-state index is 0.0632. The highest BCUT2D eigenvalue weighted by Crippen LogP contribution is 2.25. The largest absolute Gasteiger partial charge is 0.372 e. The second-order valence-corrected chi connectivity index (χ2v) is 8.48. The van der Waals surface area contributed by atoms with Gasteiger partial charge in [-0.3, -0.25) is 9.89 Å². The number of aromatic amines is 1. The van der Waals surface area contributed by atoms with Crippen LogP contribution in [0.4, 0.5) is 11.4 Å². The number of hydrogen-bond donors (Lipinski definition) is 2. The molecule has 2 heterocycles. The Morgan fingerprint density at radius 2 is 1.79 bits per heavy atom. The molecule has 1 aliphatic rings. The second kappa shape index (κ2) is 9.13. The van der Waals surface area contributed by atoms with Gasteiger partial charge >= 0.3 is 0 Å². The number of anilines is 2. The van der Waals surface area contributed by atoms with Crippen molar-refractivity contribution in [3.8, 4) is 11.4 Å². The zero-order chi connectivity index (χ0) is 20.1. The highest BCUT2D eigenvalue weighted by molar-refractivity contribution is 8.00. The molecule has 0 radical (unpaired) electrons. The fourth-order valence-electron chi connectivity index (χ4n) is 3.39. The molecule has 0 aliphatic carbocycles. The van der Waals surface area contributed by atoms with Crippen molar-refractivity contribution in [2.24, 2.45) is 0 Å². The molecule has 1 fully saturated rings. The summed E-state index contributed by atoms with van der Waals surface area (Å²) >= 11 is 1.34. The average molecular weight is 408 g/mol. The molecule has 150 valence electrons. The van der Waals surface area contributed by atoms with Crippen molar-refractivity contribution in [2.45, 2.75) is 36.6 Å². The highest BCUT2D eigenvalue weighted by atomic mass is 32.2. The van der Waals surface area contributed by atoms with E-state index in [2.05, 4.69) is 37.5 Å². The maximum absolute atomic E-state index is 12.6. The van der Waals surface area contributed by atoms with Gasteiger partial charge in [-0.15, -0.1) is 5.10 Å². The van der Waals surface area contributed by atoms with Gasteiger partial charge in [0.05, 0.1) is 5.25 Å². The predicted octanol–water partition coefficient (Wildman–Crippen LogP) is 4.58. The van der Waals surface area contributed by atoms with Gasteiger partial charge in [0, 0.05) is 30.0 Å². The summed E-state index contributed by atoms with van der Waals surface area (Å²) in [5.74, 6) is 0.640. The van der Waals surface area contributed by atoms with Crippen LogP contribution in [0.2, 0.25) is 0 Å². The summed E-state index contributed by atoms with van der Waals surface area (Å²) in [5, 5.41) is 10.4. The highest BCUT2D eigenvalue weighted by Gasteiger charge is 2.18. The average Bonchev–Trinajstić information content (AvgIpc) is 3.24. The Hall–Kier alpha value is -2.80. The minimum atomic E-state index is -0.309. The van der Waals surface area contributed by atoms with Crippen molar-refractivity contribution in [1.82, 2.24) is 15.2 Å². The SMILES string of the molecule is C[C@H](Sc1n[nH]c(-c2ccccc2)n1)C(=O)Nc1ccc(N2CCCCC2)cc1. The molecule has 2 N–H and O–H groups in total. The van der Waals surface area contributed by atoms with Crippen LogP contribution in [0.3, 0.4) is 0 Å². The van der Waals surface area contributed by atoms with Gasteiger partial charge in [-0.2, -0.15) is 0 Å². The number of carbonyl (C=O) groups is 1. The molecule has 2 aromatic carbocycles.